The van der Waals surface area contributed by atoms with Gasteiger partial charge in [-0.2, -0.15) is 5.10 Å². The molecule has 2 saturated heterocycles. The highest BCUT2D eigenvalue weighted by Gasteiger charge is 2.38. The van der Waals surface area contributed by atoms with Gasteiger partial charge in [-0.1, -0.05) is 36.4 Å². The van der Waals surface area contributed by atoms with Crippen LogP contribution in [0.1, 0.15) is 11.5 Å². The minimum atomic E-state index is -0.280. The highest BCUT2D eigenvalue weighted by molar-refractivity contribution is 5.86. The molecule has 176 valence electrons. The van der Waals surface area contributed by atoms with Gasteiger partial charge in [-0.05, 0) is 30.8 Å². The number of amidine groups is 1. The average Bonchev–Trinajstić information content (AvgIpc) is 3.49. The Morgan fingerprint density at radius 2 is 2.00 bits per heavy atom. The lowest BCUT2D eigenvalue weighted by molar-refractivity contribution is -0.0733. The van der Waals surface area contributed by atoms with Crippen molar-refractivity contribution in [3.05, 3.63) is 72.1 Å². The van der Waals surface area contributed by atoms with Gasteiger partial charge in [0, 0.05) is 55.4 Å². The number of likely N-dealkylation sites (N-methyl/N-ethyl adjacent to an activating group) is 1. The number of piperazine rings is 1. The molecule has 0 spiro atoms. The maximum atomic E-state index is 8.23. The molecule has 4 heterocycles. The third kappa shape index (κ3) is 3.87. The lowest BCUT2D eigenvalue weighted by atomic mass is 9.92. The van der Waals surface area contributed by atoms with E-state index in [0.717, 1.165) is 60.6 Å². The first-order valence-electron chi connectivity index (χ1n) is 12.0. The number of hydrogen-bond acceptors (Lipinski definition) is 6. The molecular weight excluding hydrogens is 426 g/mol. The molecule has 0 amide bonds. The number of fused-ring (bicyclic) bond motifs is 2. The number of para-hydroxylation sites is 1. The zero-order chi connectivity index (χ0) is 23.2. The number of hydrogen-bond donors (Lipinski definition) is 3. The van der Waals surface area contributed by atoms with Gasteiger partial charge in [-0.15, -0.1) is 0 Å². The van der Waals surface area contributed by atoms with Crippen molar-refractivity contribution >= 4 is 16.7 Å². The predicted molar refractivity (Wildman–Crippen MR) is 133 cm³/mol. The summed E-state index contributed by atoms with van der Waals surface area (Å²) in [6.45, 7) is 4.80. The molecule has 0 aliphatic carbocycles. The molecule has 4 N–H and O–H groups in total. The SMILES string of the molecule is CN1CCN2CC(C3=CC(c4ccc5cn(-c6ccccc6)nc5c4)C(C(=N)N)N3)OCC2C1. The largest absolute Gasteiger partial charge is 0.386 e. The molecule has 0 bridgehead atoms. The highest BCUT2D eigenvalue weighted by Crippen LogP contribution is 2.33. The maximum Gasteiger partial charge on any atom is 0.114 e. The number of nitrogens with two attached hydrogens (primary N) is 1. The molecule has 3 aliphatic rings. The lowest BCUT2D eigenvalue weighted by Gasteiger charge is -2.45. The summed E-state index contributed by atoms with van der Waals surface area (Å²) in [5, 5.41) is 17.6. The van der Waals surface area contributed by atoms with Crippen LogP contribution in [-0.2, 0) is 4.74 Å². The fourth-order valence-electron chi connectivity index (χ4n) is 5.45. The van der Waals surface area contributed by atoms with Gasteiger partial charge in [-0.25, -0.2) is 4.68 Å². The first-order valence-corrected chi connectivity index (χ1v) is 12.0. The Hall–Kier alpha value is -3.20. The van der Waals surface area contributed by atoms with Gasteiger partial charge in [-0.3, -0.25) is 10.3 Å². The van der Waals surface area contributed by atoms with E-state index < -0.39 is 0 Å². The van der Waals surface area contributed by atoms with Crippen LogP contribution in [0.3, 0.4) is 0 Å². The Labute approximate surface area is 199 Å². The molecule has 3 aromatic rings. The number of morpholine rings is 1. The molecule has 3 aliphatic heterocycles. The molecule has 8 nitrogen and oxygen atoms in total. The normalized spacial score (nSPS) is 27.9. The highest BCUT2D eigenvalue weighted by atomic mass is 16.5. The summed E-state index contributed by atoms with van der Waals surface area (Å²) in [6, 6.07) is 16.6. The van der Waals surface area contributed by atoms with Gasteiger partial charge in [0.25, 0.3) is 0 Å². The second-order valence-corrected chi connectivity index (χ2v) is 9.69. The molecule has 1 aromatic heterocycles. The zero-order valence-electron chi connectivity index (χ0n) is 19.4. The van der Waals surface area contributed by atoms with Crippen molar-refractivity contribution in [1.29, 1.82) is 5.41 Å². The Bertz CT molecular complexity index is 1240. The smallest absolute Gasteiger partial charge is 0.114 e. The second kappa shape index (κ2) is 8.54. The summed E-state index contributed by atoms with van der Waals surface area (Å²) < 4.78 is 8.20. The molecule has 4 atom stereocenters. The van der Waals surface area contributed by atoms with Crippen LogP contribution in [-0.4, -0.2) is 83.4 Å². The summed E-state index contributed by atoms with van der Waals surface area (Å²) in [7, 11) is 2.17. The lowest BCUT2D eigenvalue weighted by Crippen LogP contribution is -2.60. The average molecular weight is 458 g/mol. The van der Waals surface area contributed by atoms with Crippen LogP contribution in [0.5, 0.6) is 0 Å². The van der Waals surface area contributed by atoms with E-state index in [0.29, 0.717) is 6.04 Å². The van der Waals surface area contributed by atoms with E-state index >= 15 is 0 Å². The van der Waals surface area contributed by atoms with E-state index in [1.54, 1.807) is 0 Å². The van der Waals surface area contributed by atoms with Gasteiger partial charge in [0.05, 0.1) is 23.9 Å². The molecule has 6 rings (SSSR count). The van der Waals surface area contributed by atoms with Crippen LogP contribution in [0.15, 0.2) is 66.5 Å². The van der Waals surface area contributed by atoms with E-state index in [1.807, 2.05) is 41.2 Å². The summed E-state index contributed by atoms with van der Waals surface area (Å²) in [4.78, 5) is 4.91. The van der Waals surface area contributed by atoms with Crippen molar-refractivity contribution in [2.24, 2.45) is 5.73 Å². The quantitative estimate of drug-likeness (QED) is 0.409. The van der Waals surface area contributed by atoms with Crippen molar-refractivity contribution in [3.8, 4) is 5.69 Å². The minimum Gasteiger partial charge on any atom is -0.386 e. The third-order valence-electron chi connectivity index (χ3n) is 7.36. The van der Waals surface area contributed by atoms with Crippen molar-refractivity contribution in [3.63, 3.8) is 0 Å². The fraction of sp³-hybridized carbons (Fsp3) is 0.385. The van der Waals surface area contributed by atoms with Crippen molar-refractivity contribution in [2.45, 2.75) is 24.1 Å². The van der Waals surface area contributed by atoms with E-state index in [9.17, 15) is 0 Å². The molecule has 2 fully saturated rings. The minimum absolute atomic E-state index is 0.0208. The number of ether oxygens (including phenoxy) is 1. The van der Waals surface area contributed by atoms with Crippen LogP contribution >= 0.6 is 0 Å². The topological polar surface area (TPSA) is 95.4 Å². The van der Waals surface area contributed by atoms with Crippen LogP contribution in [0.25, 0.3) is 16.6 Å². The first-order chi connectivity index (χ1) is 16.5. The van der Waals surface area contributed by atoms with E-state index in [2.05, 4.69) is 46.4 Å². The van der Waals surface area contributed by atoms with Crippen molar-refractivity contribution in [2.75, 3.05) is 39.8 Å². The maximum absolute atomic E-state index is 8.23. The molecule has 8 heteroatoms. The van der Waals surface area contributed by atoms with Crippen LogP contribution < -0.4 is 11.1 Å². The Morgan fingerprint density at radius 3 is 2.82 bits per heavy atom. The van der Waals surface area contributed by atoms with E-state index in [4.69, 9.17) is 21.0 Å². The van der Waals surface area contributed by atoms with Gasteiger partial charge in [0.2, 0.25) is 0 Å². The molecule has 0 radical (unpaired) electrons. The van der Waals surface area contributed by atoms with Gasteiger partial charge < -0.3 is 20.7 Å². The van der Waals surface area contributed by atoms with Gasteiger partial charge >= 0.3 is 0 Å². The number of rotatable bonds is 4. The van der Waals surface area contributed by atoms with Crippen LogP contribution in [0.2, 0.25) is 0 Å². The van der Waals surface area contributed by atoms with Gasteiger partial charge in [0.15, 0.2) is 0 Å². The summed E-state index contributed by atoms with van der Waals surface area (Å²) in [6.07, 6.45) is 4.24. The number of nitrogens with zero attached hydrogens (tertiary/aromatic N) is 4. The summed E-state index contributed by atoms with van der Waals surface area (Å²) in [5.74, 6) is 0.104. The molecule has 34 heavy (non-hydrogen) atoms. The number of benzene rings is 2. The Kier molecular flexibility index (Phi) is 5.36. The monoisotopic (exact) mass is 457 g/mol. The zero-order valence-corrected chi connectivity index (χ0v) is 19.4. The second-order valence-electron chi connectivity index (χ2n) is 9.69. The third-order valence-corrected chi connectivity index (χ3v) is 7.36. The van der Waals surface area contributed by atoms with E-state index in [-0.39, 0.29) is 23.9 Å². The Balaban J connectivity index is 1.27. The molecule has 2 aromatic carbocycles. The van der Waals surface area contributed by atoms with Crippen molar-refractivity contribution < 1.29 is 4.74 Å². The van der Waals surface area contributed by atoms with Crippen LogP contribution in [0.4, 0.5) is 0 Å². The number of nitrogens with one attached hydrogen (secondary N) is 2. The standard InChI is InChI=1S/C26H31N7O/c1-31-9-10-32-15-24(34-16-20(32)14-31)23-12-21(25(29-23)26(27)28)17-7-8-18-13-33(30-22(18)11-17)19-5-3-2-4-6-19/h2-8,11-13,20-21,24-25,29H,9-10,14-16H2,1H3,(H3,27,28). The Morgan fingerprint density at radius 1 is 1.15 bits per heavy atom. The van der Waals surface area contributed by atoms with Gasteiger partial charge in [0.1, 0.15) is 11.9 Å². The van der Waals surface area contributed by atoms with E-state index in [1.165, 1.54) is 0 Å². The fourth-order valence-corrected chi connectivity index (χ4v) is 5.45. The van der Waals surface area contributed by atoms with Crippen LogP contribution in [0, 0.1) is 5.41 Å². The predicted octanol–water partition coefficient (Wildman–Crippen LogP) is 1.92. The van der Waals surface area contributed by atoms with Crippen molar-refractivity contribution in [1.82, 2.24) is 24.9 Å². The molecular formula is C26H31N7O. The molecule has 4 unspecified atom stereocenters. The first kappa shape index (κ1) is 21.3. The summed E-state index contributed by atoms with van der Waals surface area (Å²) in [5.41, 5.74) is 10.1. The summed E-state index contributed by atoms with van der Waals surface area (Å²) >= 11 is 0. The number of aromatic nitrogens is 2. The molecule has 0 saturated carbocycles.